The number of nitro groups is 1. The molecule has 0 radical (unpaired) electrons. The summed E-state index contributed by atoms with van der Waals surface area (Å²) in [5, 5.41) is 14.4. The van der Waals surface area contributed by atoms with E-state index in [-0.39, 0.29) is 28.2 Å². The highest BCUT2D eigenvalue weighted by atomic mass is 16.6. The Labute approximate surface area is 159 Å². The van der Waals surface area contributed by atoms with Crippen molar-refractivity contribution in [3.8, 4) is 11.1 Å². The van der Waals surface area contributed by atoms with Crippen LogP contribution in [0.4, 0.5) is 17.3 Å². The van der Waals surface area contributed by atoms with Gasteiger partial charge in [0, 0.05) is 29.6 Å². The number of benzene rings is 2. The fourth-order valence-electron chi connectivity index (χ4n) is 3.01. The zero-order chi connectivity index (χ0) is 19.7. The lowest BCUT2D eigenvalue weighted by Crippen LogP contribution is -2.13. The third-order valence-corrected chi connectivity index (χ3v) is 4.26. The van der Waals surface area contributed by atoms with E-state index in [1.165, 1.54) is 18.3 Å². The van der Waals surface area contributed by atoms with Crippen molar-refractivity contribution in [2.45, 2.75) is 6.92 Å². The van der Waals surface area contributed by atoms with E-state index in [1.807, 2.05) is 31.2 Å². The minimum Gasteiger partial charge on any atom is -0.326 e. The number of nitrogens with one attached hydrogen (secondary N) is 2. The Morgan fingerprint density at radius 2 is 1.93 bits per heavy atom. The number of nitrogens with zero attached hydrogens (tertiary/aromatic N) is 3. The van der Waals surface area contributed by atoms with Gasteiger partial charge in [0.15, 0.2) is 5.65 Å². The van der Waals surface area contributed by atoms with E-state index in [0.29, 0.717) is 11.1 Å². The van der Waals surface area contributed by atoms with Gasteiger partial charge in [0.1, 0.15) is 0 Å². The quantitative estimate of drug-likeness (QED) is 0.414. The second-order valence-corrected chi connectivity index (χ2v) is 6.27. The third kappa shape index (κ3) is 3.30. The summed E-state index contributed by atoms with van der Waals surface area (Å²) >= 11 is 0. The molecule has 0 saturated heterocycles. The van der Waals surface area contributed by atoms with Crippen molar-refractivity contribution in [3.05, 3.63) is 86.8 Å². The molecule has 0 saturated carbocycles. The van der Waals surface area contributed by atoms with Gasteiger partial charge in [-0.1, -0.05) is 24.3 Å². The molecular formula is C20H15N5O3. The molecule has 8 heteroatoms. The molecule has 28 heavy (non-hydrogen) atoms. The summed E-state index contributed by atoms with van der Waals surface area (Å²) in [6.07, 6.45) is 1.53. The molecule has 0 spiro atoms. The van der Waals surface area contributed by atoms with Crippen molar-refractivity contribution in [3.63, 3.8) is 0 Å². The number of aromatic amines is 1. The Balaban J connectivity index is 1.82. The SMILES string of the molecule is Cc1cccc(Nc2nc3nccc(-c4cccc([N+](=O)[O-])c4)c3c(=O)[nH]2)c1. The molecule has 4 aromatic rings. The lowest BCUT2D eigenvalue weighted by Gasteiger charge is -2.09. The Hall–Kier alpha value is -4.07. The molecule has 0 atom stereocenters. The van der Waals surface area contributed by atoms with Gasteiger partial charge in [-0.25, -0.2) is 4.98 Å². The van der Waals surface area contributed by atoms with Crippen LogP contribution in [-0.2, 0) is 0 Å². The Morgan fingerprint density at radius 3 is 2.71 bits per heavy atom. The molecule has 2 N–H and O–H groups in total. The van der Waals surface area contributed by atoms with Crippen LogP contribution < -0.4 is 10.9 Å². The molecule has 0 unspecified atom stereocenters. The average Bonchev–Trinajstić information content (AvgIpc) is 2.67. The predicted octanol–water partition coefficient (Wildman–Crippen LogP) is 3.95. The van der Waals surface area contributed by atoms with Crippen molar-refractivity contribution >= 4 is 28.4 Å². The lowest BCUT2D eigenvalue weighted by atomic mass is 10.0. The molecule has 2 aromatic heterocycles. The van der Waals surface area contributed by atoms with Crippen molar-refractivity contribution in [2.75, 3.05) is 5.32 Å². The first-order chi connectivity index (χ1) is 13.5. The minimum atomic E-state index is -0.473. The van der Waals surface area contributed by atoms with E-state index in [1.54, 1.807) is 18.2 Å². The second kappa shape index (κ2) is 6.92. The maximum absolute atomic E-state index is 12.8. The van der Waals surface area contributed by atoms with E-state index in [4.69, 9.17) is 0 Å². The van der Waals surface area contributed by atoms with E-state index < -0.39 is 4.92 Å². The molecule has 0 amide bonds. The maximum Gasteiger partial charge on any atom is 0.270 e. The zero-order valence-electron chi connectivity index (χ0n) is 14.8. The van der Waals surface area contributed by atoms with Crippen LogP contribution in [0.1, 0.15) is 5.56 Å². The third-order valence-electron chi connectivity index (χ3n) is 4.26. The van der Waals surface area contributed by atoms with Crippen molar-refractivity contribution in [1.29, 1.82) is 0 Å². The number of nitro benzene ring substituents is 1. The number of non-ortho nitro benzene ring substituents is 1. The van der Waals surface area contributed by atoms with Crippen LogP contribution in [0.25, 0.3) is 22.2 Å². The highest BCUT2D eigenvalue weighted by Gasteiger charge is 2.14. The largest absolute Gasteiger partial charge is 0.326 e. The summed E-state index contributed by atoms with van der Waals surface area (Å²) in [6, 6.07) is 15.4. The Morgan fingerprint density at radius 1 is 1.11 bits per heavy atom. The number of anilines is 2. The van der Waals surface area contributed by atoms with Gasteiger partial charge in [-0.05, 0) is 36.2 Å². The summed E-state index contributed by atoms with van der Waals surface area (Å²) in [6.45, 7) is 1.97. The summed E-state index contributed by atoms with van der Waals surface area (Å²) in [5.41, 5.74) is 2.76. The van der Waals surface area contributed by atoms with Crippen molar-refractivity contribution < 1.29 is 4.92 Å². The topological polar surface area (TPSA) is 114 Å². The van der Waals surface area contributed by atoms with Crippen LogP contribution >= 0.6 is 0 Å². The van der Waals surface area contributed by atoms with Crippen LogP contribution in [0.3, 0.4) is 0 Å². The van der Waals surface area contributed by atoms with Gasteiger partial charge >= 0.3 is 0 Å². The van der Waals surface area contributed by atoms with E-state index in [9.17, 15) is 14.9 Å². The number of aryl methyl sites for hydroxylation is 1. The summed E-state index contributed by atoms with van der Waals surface area (Å²) in [5.74, 6) is 0.270. The number of pyridine rings is 1. The van der Waals surface area contributed by atoms with Gasteiger partial charge < -0.3 is 5.32 Å². The number of fused-ring (bicyclic) bond motifs is 1. The molecule has 0 aliphatic carbocycles. The van der Waals surface area contributed by atoms with Crippen molar-refractivity contribution in [1.82, 2.24) is 15.0 Å². The number of hydrogen-bond donors (Lipinski definition) is 2. The van der Waals surface area contributed by atoms with E-state index >= 15 is 0 Å². The first-order valence-corrected chi connectivity index (χ1v) is 8.49. The summed E-state index contributed by atoms with van der Waals surface area (Å²) < 4.78 is 0. The molecule has 4 rings (SSSR count). The van der Waals surface area contributed by atoms with Gasteiger partial charge in [0.2, 0.25) is 5.95 Å². The normalized spacial score (nSPS) is 10.8. The van der Waals surface area contributed by atoms with Gasteiger partial charge in [-0.3, -0.25) is 19.9 Å². The van der Waals surface area contributed by atoms with Crippen LogP contribution in [-0.4, -0.2) is 19.9 Å². The zero-order valence-corrected chi connectivity index (χ0v) is 14.8. The number of H-pyrrole nitrogens is 1. The molecule has 8 nitrogen and oxygen atoms in total. The highest BCUT2D eigenvalue weighted by molar-refractivity contribution is 5.92. The molecule has 138 valence electrons. The smallest absolute Gasteiger partial charge is 0.270 e. The predicted molar refractivity (Wildman–Crippen MR) is 107 cm³/mol. The van der Waals surface area contributed by atoms with Crippen LogP contribution in [0.5, 0.6) is 0 Å². The number of hydrogen-bond acceptors (Lipinski definition) is 6. The fraction of sp³-hybridized carbons (Fsp3) is 0.0500. The van der Waals surface area contributed by atoms with E-state index in [0.717, 1.165) is 11.3 Å². The highest BCUT2D eigenvalue weighted by Crippen LogP contribution is 2.27. The van der Waals surface area contributed by atoms with Gasteiger partial charge in [-0.2, -0.15) is 4.98 Å². The molecule has 0 bridgehead atoms. The van der Waals surface area contributed by atoms with Crippen LogP contribution in [0.2, 0.25) is 0 Å². The Bertz CT molecular complexity index is 1270. The summed E-state index contributed by atoms with van der Waals surface area (Å²) in [7, 11) is 0. The summed E-state index contributed by atoms with van der Waals surface area (Å²) in [4.78, 5) is 34.7. The number of rotatable bonds is 4. The first kappa shape index (κ1) is 17.3. The monoisotopic (exact) mass is 373 g/mol. The second-order valence-electron chi connectivity index (χ2n) is 6.27. The van der Waals surface area contributed by atoms with Crippen molar-refractivity contribution in [2.24, 2.45) is 0 Å². The van der Waals surface area contributed by atoms with Gasteiger partial charge in [0.05, 0.1) is 10.3 Å². The molecule has 2 heterocycles. The molecule has 0 aliphatic rings. The lowest BCUT2D eigenvalue weighted by molar-refractivity contribution is -0.384. The first-order valence-electron chi connectivity index (χ1n) is 8.49. The van der Waals surface area contributed by atoms with Crippen LogP contribution in [0, 0.1) is 17.0 Å². The van der Waals surface area contributed by atoms with Gasteiger partial charge in [-0.15, -0.1) is 0 Å². The van der Waals surface area contributed by atoms with E-state index in [2.05, 4.69) is 20.3 Å². The van der Waals surface area contributed by atoms with Crippen LogP contribution in [0.15, 0.2) is 65.6 Å². The maximum atomic E-state index is 12.8. The fourth-order valence-corrected chi connectivity index (χ4v) is 3.01. The number of aromatic nitrogens is 3. The standard InChI is InChI=1S/C20H15N5O3/c1-12-4-2-6-14(10-12)22-20-23-18-17(19(26)24-20)16(8-9-21-18)13-5-3-7-15(11-13)25(27)28/h2-11H,1H3,(H2,21,22,23,24,26). The minimum absolute atomic E-state index is 0.0513. The molecule has 0 aliphatic heterocycles. The average molecular weight is 373 g/mol. The molecular weight excluding hydrogens is 358 g/mol. The van der Waals surface area contributed by atoms with Gasteiger partial charge in [0.25, 0.3) is 11.2 Å². The Kier molecular flexibility index (Phi) is 4.29. The molecule has 0 fully saturated rings. The molecule has 2 aromatic carbocycles.